The number of aryl methyl sites for hydroxylation is 1. The van der Waals surface area contributed by atoms with Gasteiger partial charge < -0.3 is 20.1 Å². The molecule has 31 heavy (non-hydrogen) atoms. The summed E-state index contributed by atoms with van der Waals surface area (Å²) in [4.78, 5) is 7.79. The molecule has 0 aliphatic heterocycles. The summed E-state index contributed by atoms with van der Waals surface area (Å²) in [5.74, 6) is -0.192. The Kier molecular flexibility index (Phi) is 6.48. The average Bonchev–Trinajstić information content (AvgIpc) is 2.69. The van der Waals surface area contributed by atoms with E-state index in [2.05, 4.69) is 20.6 Å². The smallest absolute Gasteiger partial charge is 0.241 e. The number of hydrogen-bond donors (Lipinski definition) is 3. The van der Waals surface area contributed by atoms with Crippen molar-refractivity contribution in [2.75, 3.05) is 24.9 Å². The molecule has 0 aliphatic carbocycles. The molecule has 0 fully saturated rings. The van der Waals surface area contributed by atoms with Crippen molar-refractivity contribution >= 4 is 44.8 Å². The molecule has 1 heterocycles. The molecule has 2 aromatic carbocycles. The van der Waals surface area contributed by atoms with Gasteiger partial charge in [0.05, 0.1) is 25.4 Å². The fourth-order valence-electron chi connectivity index (χ4n) is 2.81. The van der Waals surface area contributed by atoms with E-state index in [-0.39, 0.29) is 22.4 Å². The van der Waals surface area contributed by atoms with Crippen molar-refractivity contribution in [3.8, 4) is 11.5 Å². The summed E-state index contributed by atoms with van der Waals surface area (Å²) in [5.41, 5.74) is 1.32. The highest BCUT2D eigenvalue weighted by Crippen LogP contribution is 2.32. The molecule has 0 spiro atoms. The zero-order valence-electron chi connectivity index (χ0n) is 16.7. The van der Waals surface area contributed by atoms with Crippen molar-refractivity contribution in [2.45, 2.75) is 11.8 Å². The number of rotatable bonds is 7. The fourth-order valence-corrected chi connectivity index (χ4v) is 3.86. The molecule has 0 saturated carbocycles. The van der Waals surface area contributed by atoms with Crippen LogP contribution in [0.5, 0.6) is 11.5 Å². The molecule has 0 aliphatic rings. The zero-order chi connectivity index (χ0) is 22.8. The van der Waals surface area contributed by atoms with Crippen molar-refractivity contribution in [3.05, 3.63) is 52.9 Å². The minimum Gasteiger partial charge on any atom is -0.495 e. The molecular formula is C19H19ClFN5O4S. The number of anilines is 4. The van der Waals surface area contributed by atoms with Gasteiger partial charge in [-0.05, 0) is 42.8 Å². The van der Waals surface area contributed by atoms with Gasteiger partial charge in [-0.1, -0.05) is 11.6 Å². The van der Waals surface area contributed by atoms with Crippen molar-refractivity contribution in [1.82, 2.24) is 9.97 Å². The number of sulfonamides is 1. The molecule has 1 aromatic heterocycles. The predicted molar refractivity (Wildman–Crippen MR) is 116 cm³/mol. The quantitative estimate of drug-likeness (QED) is 0.479. The average molecular weight is 468 g/mol. The third kappa shape index (κ3) is 5.13. The van der Waals surface area contributed by atoms with Gasteiger partial charge in [0.15, 0.2) is 11.6 Å². The van der Waals surface area contributed by atoms with Gasteiger partial charge >= 0.3 is 0 Å². The predicted octanol–water partition coefficient (Wildman–Crippen LogP) is 3.73. The number of nitrogens with zero attached hydrogens (tertiary/aromatic N) is 2. The number of hydrogen-bond acceptors (Lipinski definition) is 8. The van der Waals surface area contributed by atoms with Crippen LogP contribution in [0.3, 0.4) is 0 Å². The molecular weight excluding hydrogens is 449 g/mol. The summed E-state index contributed by atoms with van der Waals surface area (Å²) in [6.45, 7) is 1.66. The number of methoxy groups -OCH3 is 2. The van der Waals surface area contributed by atoms with Gasteiger partial charge in [0, 0.05) is 11.4 Å². The largest absolute Gasteiger partial charge is 0.495 e. The number of benzene rings is 2. The Labute approximate surface area is 183 Å². The lowest BCUT2D eigenvalue weighted by Crippen LogP contribution is -2.14. The number of halogens is 2. The Morgan fingerprint density at radius 3 is 2.45 bits per heavy atom. The van der Waals surface area contributed by atoms with Crippen LogP contribution in [0.15, 0.2) is 41.4 Å². The lowest BCUT2D eigenvalue weighted by Gasteiger charge is -2.14. The molecule has 164 valence electrons. The SMILES string of the molecule is COc1ccc(Nc2nc(Nc3cc(C)c(OC)c(S(N)(=O)=O)c3)ncc2F)cc1Cl. The van der Waals surface area contributed by atoms with Gasteiger partial charge in [0.2, 0.25) is 16.0 Å². The van der Waals surface area contributed by atoms with Crippen LogP contribution in [-0.4, -0.2) is 32.6 Å². The molecule has 0 amide bonds. The van der Waals surface area contributed by atoms with Crippen LogP contribution in [0.4, 0.5) is 27.5 Å². The first-order valence-corrected chi connectivity index (χ1v) is 10.7. The highest BCUT2D eigenvalue weighted by Gasteiger charge is 2.19. The maximum absolute atomic E-state index is 14.2. The summed E-state index contributed by atoms with van der Waals surface area (Å²) in [6.07, 6.45) is 0.972. The fraction of sp³-hybridized carbons (Fsp3) is 0.158. The molecule has 0 bridgehead atoms. The van der Waals surface area contributed by atoms with Crippen LogP contribution in [0.2, 0.25) is 5.02 Å². The number of nitrogens with one attached hydrogen (secondary N) is 2. The molecule has 12 heteroatoms. The number of aromatic nitrogens is 2. The van der Waals surface area contributed by atoms with E-state index in [4.69, 9.17) is 26.2 Å². The monoisotopic (exact) mass is 467 g/mol. The van der Waals surface area contributed by atoms with Crippen LogP contribution in [0, 0.1) is 12.7 Å². The molecule has 9 nitrogen and oxygen atoms in total. The second kappa shape index (κ2) is 8.92. The molecule has 0 atom stereocenters. The van der Waals surface area contributed by atoms with E-state index in [9.17, 15) is 12.8 Å². The first-order chi connectivity index (χ1) is 14.6. The molecule has 3 rings (SSSR count). The van der Waals surface area contributed by atoms with Gasteiger partial charge in [0.25, 0.3) is 0 Å². The Balaban J connectivity index is 1.92. The maximum atomic E-state index is 14.2. The Morgan fingerprint density at radius 2 is 1.84 bits per heavy atom. The minimum absolute atomic E-state index is 0.0217. The van der Waals surface area contributed by atoms with Crippen LogP contribution in [0.1, 0.15) is 5.56 Å². The second-order valence-electron chi connectivity index (χ2n) is 6.36. The molecule has 4 N–H and O–H groups in total. The van der Waals surface area contributed by atoms with E-state index in [1.54, 1.807) is 31.2 Å². The van der Waals surface area contributed by atoms with Gasteiger partial charge in [0.1, 0.15) is 16.4 Å². The highest BCUT2D eigenvalue weighted by atomic mass is 35.5. The zero-order valence-corrected chi connectivity index (χ0v) is 18.3. The molecule has 0 saturated heterocycles. The van der Waals surface area contributed by atoms with E-state index in [1.165, 1.54) is 20.3 Å². The van der Waals surface area contributed by atoms with Crippen molar-refractivity contribution < 1.29 is 22.3 Å². The summed E-state index contributed by atoms with van der Waals surface area (Å²) in [5, 5.41) is 11.3. The standard InChI is InChI=1S/C19H19ClFN5O4S/c1-10-6-12(8-16(17(10)30-3)31(22,27)28)25-19-23-9-14(21)18(26-19)24-11-4-5-15(29-2)13(20)7-11/h4-9H,1-3H3,(H2,22,27,28)(H2,23,24,25,26). The number of primary sulfonamides is 1. The van der Waals surface area contributed by atoms with E-state index in [1.807, 2.05) is 0 Å². The Morgan fingerprint density at radius 1 is 1.10 bits per heavy atom. The maximum Gasteiger partial charge on any atom is 0.241 e. The van der Waals surface area contributed by atoms with Crippen molar-refractivity contribution in [1.29, 1.82) is 0 Å². The van der Waals surface area contributed by atoms with E-state index < -0.39 is 15.8 Å². The summed E-state index contributed by atoms with van der Waals surface area (Å²) >= 11 is 6.09. The van der Waals surface area contributed by atoms with Crippen LogP contribution in [-0.2, 0) is 10.0 Å². The van der Waals surface area contributed by atoms with Crippen LogP contribution in [0.25, 0.3) is 0 Å². The third-order valence-corrected chi connectivity index (χ3v) is 5.38. The topological polar surface area (TPSA) is 128 Å². The first kappa shape index (κ1) is 22.5. The number of ether oxygens (including phenoxy) is 2. The van der Waals surface area contributed by atoms with Gasteiger partial charge in [-0.15, -0.1) is 0 Å². The van der Waals surface area contributed by atoms with Crippen molar-refractivity contribution in [3.63, 3.8) is 0 Å². The highest BCUT2D eigenvalue weighted by molar-refractivity contribution is 7.89. The van der Waals surface area contributed by atoms with Gasteiger partial charge in [-0.3, -0.25) is 0 Å². The molecule has 3 aromatic rings. The van der Waals surface area contributed by atoms with Crippen LogP contribution < -0.4 is 25.2 Å². The normalized spacial score (nSPS) is 11.2. The Bertz CT molecular complexity index is 1240. The van der Waals surface area contributed by atoms with E-state index in [0.29, 0.717) is 27.7 Å². The first-order valence-electron chi connectivity index (χ1n) is 8.74. The molecule has 0 radical (unpaired) electrons. The summed E-state index contributed by atoms with van der Waals surface area (Å²) in [7, 11) is -1.22. The third-order valence-electron chi connectivity index (χ3n) is 4.17. The van der Waals surface area contributed by atoms with Gasteiger partial charge in [-0.2, -0.15) is 4.98 Å². The summed E-state index contributed by atoms with van der Waals surface area (Å²) in [6, 6.07) is 7.73. The van der Waals surface area contributed by atoms with Gasteiger partial charge in [-0.25, -0.2) is 22.9 Å². The minimum atomic E-state index is -4.05. The lowest BCUT2D eigenvalue weighted by molar-refractivity contribution is 0.399. The van der Waals surface area contributed by atoms with E-state index in [0.717, 1.165) is 6.20 Å². The number of nitrogens with two attached hydrogens (primary N) is 1. The van der Waals surface area contributed by atoms with Crippen LogP contribution >= 0.6 is 11.6 Å². The van der Waals surface area contributed by atoms with E-state index >= 15 is 0 Å². The Hall–Kier alpha value is -3.15. The second-order valence-corrected chi connectivity index (χ2v) is 8.30. The summed E-state index contributed by atoms with van der Waals surface area (Å²) < 4.78 is 48.3. The lowest BCUT2D eigenvalue weighted by atomic mass is 10.2. The van der Waals surface area contributed by atoms with Crippen molar-refractivity contribution in [2.24, 2.45) is 5.14 Å². The molecule has 0 unspecified atom stereocenters.